The number of nitrogens with zero attached hydrogens (tertiary/aromatic N) is 1. The van der Waals surface area contributed by atoms with Gasteiger partial charge in [0.05, 0.1) is 5.69 Å². The number of aryl methyl sites for hydroxylation is 1. The van der Waals surface area contributed by atoms with Crippen molar-refractivity contribution in [1.29, 1.82) is 0 Å². The fourth-order valence-corrected chi connectivity index (χ4v) is 3.49. The highest BCUT2D eigenvalue weighted by molar-refractivity contribution is 5.85. The normalized spacial score (nSPS) is 15.4. The molecule has 0 bridgehead atoms. The van der Waals surface area contributed by atoms with Crippen molar-refractivity contribution >= 4 is 24.1 Å². The second kappa shape index (κ2) is 8.74. The van der Waals surface area contributed by atoms with E-state index in [2.05, 4.69) is 90.4 Å². The van der Waals surface area contributed by atoms with Gasteiger partial charge in [-0.05, 0) is 35.2 Å². The van der Waals surface area contributed by atoms with Crippen LogP contribution in [0.3, 0.4) is 0 Å². The lowest BCUT2D eigenvalue weighted by atomic mass is 9.88. The number of rotatable bonds is 3. The number of guanidine groups is 1. The maximum atomic E-state index is 4.85. The van der Waals surface area contributed by atoms with Crippen molar-refractivity contribution in [3.05, 3.63) is 101 Å². The molecule has 0 aromatic heterocycles. The van der Waals surface area contributed by atoms with Gasteiger partial charge in [0.25, 0.3) is 0 Å². The van der Waals surface area contributed by atoms with E-state index >= 15 is 0 Å². The lowest BCUT2D eigenvalue weighted by Gasteiger charge is -2.20. The van der Waals surface area contributed by atoms with Crippen molar-refractivity contribution < 1.29 is 0 Å². The van der Waals surface area contributed by atoms with Crippen LogP contribution < -0.4 is 10.6 Å². The molecule has 0 amide bonds. The molecule has 3 nitrogen and oxygen atoms in total. The van der Waals surface area contributed by atoms with Gasteiger partial charge in [-0.15, -0.1) is 12.4 Å². The average Bonchev–Trinajstić information content (AvgIpc) is 2.87. The summed E-state index contributed by atoms with van der Waals surface area (Å²) in [7, 11) is 0. The highest BCUT2D eigenvalue weighted by Gasteiger charge is 2.22. The zero-order valence-corrected chi connectivity index (χ0v) is 16.2. The molecule has 0 radical (unpaired) electrons. The van der Waals surface area contributed by atoms with Gasteiger partial charge >= 0.3 is 0 Å². The van der Waals surface area contributed by atoms with Gasteiger partial charge in [0.1, 0.15) is 0 Å². The van der Waals surface area contributed by atoms with Gasteiger partial charge in [0.15, 0.2) is 5.96 Å². The Hall–Kier alpha value is -2.78. The molecule has 27 heavy (non-hydrogen) atoms. The SMILES string of the molecule is Cc1ccccc1C1CNC(NCc2ccccc2)=Nc2ccccc21.Cl. The zero-order chi connectivity index (χ0) is 17.8. The van der Waals surface area contributed by atoms with E-state index in [-0.39, 0.29) is 18.3 Å². The number of nitrogens with one attached hydrogen (secondary N) is 2. The highest BCUT2D eigenvalue weighted by atomic mass is 35.5. The first-order valence-electron chi connectivity index (χ1n) is 9.06. The van der Waals surface area contributed by atoms with E-state index in [1.807, 2.05) is 6.07 Å². The Morgan fingerprint density at radius 2 is 1.56 bits per heavy atom. The van der Waals surface area contributed by atoms with Crippen molar-refractivity contribution in [3.8, 4) is 0 Å². The molecule has 0 saturated heterocycles. The predicted octanol–water partition coefficient (Wildman–Crippen LogP) is 4.93. The van der Waals surface area contributed by atoms with Gasteiger partial charge in [-0.3, -0.25) is 0 Å². The Balaban J connectivity index is 0.00000210. The standard InChI is InChI=1S/C23H23N3.ClH/c1-17-9-5-6-12-19(17)21-16-25-23(24-15-18-10-3-2-4-11-18)26-22-14-8-7-13-20(21)22;/h2-14,21H,15-16H2,1H3,(H2,24,25,26);1H. The predicted molar refractivity (Wildman–Crippen MR) is 115 cm³/mol. The molecule has 0 spiro atoms. The van der Waals surface area contributed by atoms with Crippen molar-refractivity contribution in [2.75, 3.05) is 6.54 Å². The van der Waals surface area contributed by atoms with Crippen LogP contribution in [0.2, 0.25) is 0 Å². The van der Waals surface area contributed by atoms with Crippen molar-refractivity contribution in [3.63, 3.8) is 0 Å². The Labute approximate surface area is 167 Å². The molecule has 0 aliphatic carbocycles. The molecule has 4 heteroatoms. The molecule has 0 saturated carbocycles. The molecule has 0 fully saturated rings. The number of halogens is 1. The number of fused-ring (bicyclic) bond motifs is 1. The van der Waals surface area contributed by atoms with Crippen molar-refractivity contribution in [1.82, 2.24) is 10.6 Å². The van der Waals surface area contributed by atoms with Crippen LogP contribution in [0, 0.1) is 6.92 Å². The Kier molecular flexibility index (Phi) is 6.15. The maximum absolute atomic E-state index is 4.85. The fraction of sp³-hybridized carbons (Fsp3) is 0.174. The van der Waals surface area contributed by atoms with E-state index in [1.165, 1.54) is 22.3 Å². The van der Waals surface area contributed by atoms with Crippen LogP contribution in [0.15, 0.2) is 83.9 Å². The summed E-state index contributed by atoms with van der Waals surface area (Å²) < 4.78 is 0. The minimum Gasteiger partial charge on any atom is -0.355 e. The fourth-order valence-electron chi connectivity index (χ4n) is 3.49. The van der Waals surface area contributed by atoms with E-state index < -0.39 is 0 Å². The van der Waals surface area contributed by atoms with E-state index in [4.69, 9.17) is 4.99 Å². The molecule has 1 heterocycles. The smallest absolute Gasteiger partial charge is 0.196 e. The summed E-state index contributed by atoms with van der Waals surface area (Å²) in [6.07, 6.45) is 0. The lowest BCUT2D eigenvalue weighted by Crippen LogP contribution is -2.38. The molecule has 1 aliphatic heterocycles. The molecule has 1 atom stereocenters. The number of benzene rings is 3. The van der Waals surface area contributed by atoms with Crippen LogP contribution in [0.5, 0.6) is 0 Å². The summed E-state index contributed by atoms with van der Waals surface area (Å²) >= 11 is 0. The summed E-state index contributed by atoms with van der Waals surface area (Å²) in [5.74, 6) is 1.12. The van der Waals surface area contributed by atoms with Crippen molar-refractivity contribution in [2.45, 2.75) is 19.4 Å². The number of hydrogen-bond donors (Lipinski definition) is 2. The van der Waals surface area contributed by atoms with Crippen LogP contribution in [-0.2, 0) is 6.54 Å². The van der Waals surface area contributed by atoms with Crippen LogP contribution in [0.25, 0.3) is 0 Å². The molecule has 4 rings (SSSR count). The van der Waals surface area contributed by atoms with E-state index in [9.17, 15) is 0 Å². The Morgan fingerprint density at radius 3 is 2.33 bits per heavy atom. The van der Waals surface area contributed by atoms with Gasteiger partial charge < -0.3 is 10.6 Å². The monoisotopic (exact) mass is 377 g/mol. The minimum atomic E-state index is 0. The summed E-state index contributed by atoms with van der Waals surface area (Å²) in [4.78, 5) is 4.85. The Bertz CT molecular complexity index is 922. The molecule has 3 aromatic rings. The van der Waals surface area contributed by atoms with Gasteiger partial charge in [-0.2, -0.15) is 0 Å². The third-order valence-electron chi connectivity index (χ3n) is 4.88. The number of aliphatic imine (C=N–C) groups is 1. The first kappa shape index (κ1) is 19.0. The third-order valence-corrected chi connectivity index (χ3v) is 4.88. The van der Waals surface area contributed by atoms with Gasteiger partial charge in [0.2, 0.25) is 0 Å². The number of hydrogen-bond acceptors (Lipinski definition) is 3. The molecule has 3 aromatic carbocycles. The van der Waals surface area contributed by atoms with Crippen LogP contribution in [0.4, 0.5) is 5.69 Å². The minimum absolute atomic E-state index is 0. The van der Waals surface area contributed by atoms with E-state index in [0.29, 0.717) is 0 Å². The topological polar surface area (TPSA) is 36.4 Å². The summed E-state index contributed by atoms with van der Waals surface area (Å²) in [6.45, 7) is 3.75. The first-order valence-corrected chi connectivity index (χ1v) is 9.06. The molecule has 2 N–H and O–H groups in total. The first-order chi connectivity index (χ1) is 12.8. The molecule has 138 valence electrons. The number of para-hydroxylation sites is 1. The quantitative estimate of drug-likeness (QED) is 0.679. The van der Waals surface area contributed by atoms with Crippen LogP contribution >= 0.6 is 12.4 Å². The third kappa shape index (κ3) is 4.32. The van der Waals surface area contributed by atoms with Gasteiger partial charge in [-0.1, -0.05) is 72.8 Å². The van der Waals surface area contributed by atoms with E-state index in [0.717, 1.165) is 24.7 Å². The summed E-state index contributed by atoms with van der Waals surface area (Å²) in [5, 5.41) is 6.96. The molecule has 1 aliphatic rings. The molecular formula is C23H24ClN3. The second-order valence-electron chi connectivity index (χ2n) is 6.65. The van der Waals surface area contributed by atoms with Gasteiger partial charge in [0, 0.05) is 19.0 Å². The van der Waals surface area contributed by atoms with E-state index in [1.54, 1.807) is 0 Å². The molecular weight excluding hydrogens is 354 g/mol. The highest BCUT2D eigenvalue weighted by Crippen LogP contribution is 2.34. The maximum Gasteiger partial charge on any atom is 0.196 e. The molecule has 1 unspecified atom stereocenters. The largest absolute Gasteiger partial charge is 0.355 e. The zero-order valence-electron chi connectivity index (χ0n) is 15.4. The average molecular weight is 378 g/mol. The summed E-state index contributed by atoms with van der Waals surface area (Å²) in [6, 6.07) is 27.4. The Morgan fingerprint density at radius 1 is 0.889 bits per heavy atom. The van der Waals surface area contributed by atoms with Crippen molar-refractivity contribution in [2.24, 2.45) is 4.99 Å². The van der Waals surface area contributed by atoms with Crippen LogP contribution in [-0.4, -0.2) is 12.5 Å². The second-order valence-corrected chi connectivity index (χ2v) is 6.65. The van der Waals surface area contributed by atoms with Crippen LogP contribution in [0.1, 0.15) is 28.2 Å². The lowest BCUT2D eigenvalue weighted by molar-refractivity contribution is 0.738. The van der Waals surface area contributed by atoms with Gasteiger partial charge in [-0.25, -0.2) is 4.99 Å². The summed E-state index contributed by atoms with van der Waals surface area (Å²) in [5.41, 5.74) is 6.21.